The predicted molar refractivity (Wildman–Crippen MR) is 122 cm³/mol. The molecule has 3 heteroatoms. The number of H-pyrrole nitrogens is 1. The molecule has 1 aromatic heterocycles. The quantitative estimate of drug-likeness (QED) is 0.400. The molecule has 4 aromatic rings. The number of rotatable bonds is 5. The Labute approximate surface area is 171 Å². The fourth-order valence-corrected chi connectivity index (χ4v) is 4.19. The summed E-state index contributed by atoms with van der Waals surface area (Å²) in [4.78, 5) is 0. The van der Waals surface area contributed by atoms with E-state index in [2.05, 4.69) is 88.3 Å². The van der Waals surface area contributed by atoms with E-state index >= 15 is 0 Å². The zero-order valence-electron chi connectivity index (χ0n) is 16.5. The fourth-order valence-electron chi connectivity index (χ4n) is 4.19. The van der Waals surface area contributed by atoms with Gasteiger partial charge in [-0.3, -0.25) is 5.10 Å². The molecule has 0 saturated heterocycles. The molecule has 3 nitrogen and oxygen atoms in total. The van der Waals surface area contributed by atoms with Gasteiger partial charge < -0.3 is 5.32 Å². The Kier molecular flexibility index (Phi) is 4.87. The minimum Gasteiger partial charge on any atom is -0.364 e. The van der Waals surface area contributed by atoms with Crippen LogP contribution in [0.1, 0.15) is 36.8 Å². The topological polar surface area (TPSA) is 40.7 Å². The van der Waals surface area contributed by atoms with Crippen LogP contribution in [0.25, 0.3) is 27.6 Å². The molecule has 1 heterocycles. The summed E-state index contributed by atoms with van der Waals surface area (Å²) in [6.07, 6.45) is 7.44. The van der Waals surface area contributed by atoms with E-state index in [1.54, 1.807) is 0 Å². The number of fused-ring (bicyclic) bond motifs is 1. The third-order valence-electron chi connectivity index (χ3n) is 5.75. The number of aromatic amines is 1. The fraction of sp³-hybridized carbons (Fsp3) is 0.192. The highest BCUT2D eigenvalue weighted by atomic mass is 15.2. The number of hydrogen-bond donors (Lipinski definition) is 2. The van der Waals surface area contributed by atoms with Crippen molar-refractivity contribution in [1.29, 1.82) is 0 Å². The zero-order chi connectivity index (χ0) is 19.5. The largest absolute Gasteiger partial charge is 0.364 e. The van der Waals surface area contributed by atoms with Crippen LogP contribution in [0.15, 0.2) is 78.9 Å². The van der Waals surface area contributed by atoms with Crippen LogP contribution in [-0.2, 0) is 6.54 Å². The molecule has 0 saturated carbocycles. The summed E-state index contributed by atoms with van der Waals surface area (Å²) >= 11 is 0. The van der Waals surface area contributed by atoms with Crippen LogP contribution in [0, 0.1) is 0 Å². The van der Waals surface area contributed by atoms with Crippen molar-refractivity contribution in [3.63, 3.8) is 0 Å². The van der Waals surface area contributed by atoms with Crippen molar-refractivity contribution in [2.24, 2.45) is 0 Å². The first-order valence-corrected chi connectivity index (χ1v) is 10.4. The molecule has 5 rings (SSSR count). The van der Waals surface area contributed by atoms with Crippen molar-refractivity contribution in [2.75, 3.05) is 5.32 Å². The Bertz CT molecular complexity index is 1140. The molecular formula is C26H25N3. The van der Waals surface area contributed by atoms with Gasteiger partial charge in [0.05, 0.1) is 10.9 Å². The van der Waals surface area contributed by atoms with E-state index < -0.39 is 0 Å². The second kappa shape index (κ2) is 7.96. The van der Waals surface area contributed by atoms with Crippen LogP contribution < -0.4 is 5.32 Å². The maximum absolute atomic E-state index is 4.54. The van der Waals surface area contributed by atoms with E-state index in [4.69, 9.17) is 0 Å². The Morgan fingerprint density at radius 2 is 1.66 bits per heavy atom. The summed E-state index contributed by atoms with van der Waals surface area (Å²) in [6.45, 7) is 0.752. The molecule has 3 aromatic carbocycles. The van der Waals surface area contributed by atoms with E-state index in [0.717, 1.165) is 23.3 Å². The van der Waals surface area contributed by atoms with Crippen molar-refractivity contribution in [1.82, 2.24) is 10.2 Å². The second-order valence-corrected chi connectivity index (χ2v) is 7.69. The molecule has 0 radical (unpaired) electrons. The number of hydrogen-bond acceptors (Lipinski definition) is 2. The van der Waals surface area contributed by atoms with Gasteiger partial charge in [0, 0.05) is 6.54 Å². The monoisotopic (exact) mass is 379 g/mol. The van der Waals surface area contributed by atoms with Gasteiger partial charge in [-0.2, -0.15) is 5.10 Å². The van der Waals surface area contributed by atoms with Crippen molar-refractivity contribution >= 4 is 22.3 Å². The molecule has 0 spiro atoms. The highest BCUT2D eigenvalue weighted by Crippen LogP contribution is 2.34. The Morgan fingerprint density at radius 1 is 0.828 bits per heavy atom. The SMILES string of the molecule is C1=C(c2ccc(-c3cccc4[nH]nc(NCc5ccccc5)c34)cc2)CCCC1. The van der Waals surface area contributed by atoms with E-state index in [1.807, 2.05) is 6.07 Å². The molecule has 0 unspecified atom stereocenters. The van der Waals surface area contributed by atoms with Gasteiger partial charge in [0.25, 0.3) is 0 Å². The van der Waals surface area contributed by atoms with Crippen LogP contribution in [0.5, 0.6) is 0 Å². The van der Waals surface area contributed by atoms with Gasteiger partial charge in [-0.25, -0.2) is 0 Å². The smallest absolute Gasteiger partial charge is 0.156 e. The highest BCUT2D eigenvalue weighted by Gasteiger charge is 2.12. The number of anilines is 1. The molecule has 144 valence electrons. The van der Waals surface area contributed by atoms with Gasteiger partial charge in [-0.05, 0) is 59.6 Å². The Morgan fingerprint density at radius 3 is 2.45 bits per heavy atom. The van der Waals surface area contributed by atoms with Gasteiger partial charge in [0.2, 0.25) is 0 Å². The standard InChI is InChI=1S/C26H25N3/c1-3-8-19(9-4-1)18-27-26-25-23(12-7-13-24(25)28-29-26)22-16-14-21(15-17-22)20-10-5-2-6-11-20/h1,3-4,7-10,12-17H,2,5-6,11,18H2,(H2,27,28,29). The summed E-state index contributed by atoms with van der Waals surface area (Å²) in [5.74, 6) is 0.901. The zero-order valence-corrected chi connectivity index (χ0v) is 16.5. The lowest BCUT2D eigenvalue weighted by Crippen LogP contribution is -2.00. The first-order valence-electron chi connectivity index (χ1n) is 10.4. The van der Waals surface area contributed by atoms with Crippen LogP contribution in [0.3, 0.4) is 0 Å². The van der Waals surface area contributed by atoms with E-state index in [9.17, 15) is 0 Å². The lowest BCUT2D eigenvalue weighted by atomic mass is 9.92. The number of nitrogens with zero attached hydrogens (tertiary/aromatic N) is 1. The van der Waals surface area contributed by atoms with Crippen molar-refractivity contribution in [3.8, 4) is 11.1 Å². The molecule has 0 aliphatic heterocycles. The van der Waals surface area contributed by atoms with Crippen molar-refractivity contribution in [2.45, 2.75) is 32.2 Å². The lowest BCUT2D eigenvalue weighted by Gasteiger charge is -2.13. The number of nitrogens with one attached hydrogen (secondary N) is 2. The average molecular weight is 380 g/mol. The minimum atomic E-state index is 0.752. The van der Waals surface area contributed by atoms with Crippen molar-refractivity contribution in [3.05, 3.63) is 90.0 Å². The predicted octanol–water partition coefficient (Wildman–Crippen LogP) is 6.80. The molecule has 1 aliphatic carbocycles. The summed E-state index contributed by atoms with van der Waals surface area (Å²) in [5.41, 5.74) is 7.57. The molecule has 2 N–H and O–H groups in total. The summed E-state index contributed by atoms with van der Waals surface area (Å²) in [7, 11) is 0. The summed E-state index contributed by atoms with van der Waals surface area (Å²) in [5, 5.41) is 12.4. The molecular weight excluding hydrogens is 354 g/mol. The number of aromatic nitrogens is 2. The van der Waals surface area contributed by atoms with Crippen LogP contribution in [0.2, 0.25) is 0 Å². The first-order chi connectivity index (χ1) is 14.4. The van der Waals surface area contributed by atoms with Gasteiger partial charge in [-0.15, -0.1) is 0 Å². The van der Waals surface area contributed by atoms with Crippen LogP contribution >= 0.6 is 0 Å². The Hall–Kier alpha value is -3.33. The lowest BCUT2D eigenvalue weighted by molar-refractivity contribution is 0.742. The molecule has 0 amide bonds. The average Bonchev–Trinajstić information content (AvgIpc) is 3.22. The van der Waals surface area contributed by atoms with Gasteiger partial charge >= 0.3 is 0 Å². The third kappa shape index (κ3) is 3.68. The molecule has 0 bridgehead atoms. The molecule has 0 fully saturated rings. The minimum absolute atomic E-state index is 0.752. The highest BCUT2D eigenvalue weighted by molar-refractivity contribution is 6.02. The van der Waals surface area contributed by atoms with Crippen molar-refractivity contribution < 1.29 is 0 Å². The molecule has 29 heavy (non-hydrogen) atoms. The van der Waals surface area contributed by atoms with E-state index in [-0.39, 0.29) is 0 Å². The Balaban J connectivity index is 1.46. The first kappa shape index (κ1) is 17.7. The van der Waals surface area contributed by atoms with E-state index in [0.29, 0.717) is 0 Å². The van der Waals surface area contributed by atoms with Crippen LogP contribution in [-0.4, -0.2) is 10.2 Å². The molecule has 1 aliphatic rings. The molecule has 0 atom stereocenters. The van der Waals surface area contributed by atoms with Gasteiger partial charge in [0.15, 0.2) is 5.82 Å². The van der Waals surface area contributed by atoms with Crippen LogP contribution in [0.4, 0.5) is 5.82 Å². The maximum Gasteiger partial charge on any atom is 0.156 e. The van der Waals surface area contributed by atoms with Gasteiger partial charge in [0.1, 0.15) is 0 Å². The van der Waals surface area contributed by atoms with Gasteiger partial charge in [-0.1, -0.05) is 72.8 Å². The second-order valence-electron chi connectivity index (χ2n) is 7.69. The number of benzene rings is 3. The summed E-state index contributed by atoms with van der Waals surface area (Å²) in [6, 6.07) is 25.8. The van der Waals surface area contributed by atoms with E-state index in [1.165, 1.54) is 53.5 Å². The maximum atomic E-state index is 4.54. The summed E-state index contributed by atoms with van der Waals surface area (Å²) < 4.78 is 0. The third-order valence-corrected chi connectivity index (χ3v) is 5.75. The normalized spacial score (nSPS) is 14.0. The number of allylic oxidation sites excluding steroid dienone is 2.